The first-order valence-electron chi connectivity index (χ1n) is 7.20. The van der Waals surface area contributed by atoms with E-state index in [2.05, 4.69) is 10.3 Å². The average Bonchev–Trinajstić information content (AvgIpc) is 2.85. The molecule has 0 aliphatic carbocycles. The monoisotopic (exact) mass is 273 g/mol. The largest absolute Gasteiger partial charge is 0.361 e. The maximum atomic E-state index is 12.1. The Hall–Kier alpha value is -1.81. The van der Waals surface area contributed by atoms with Gasteiger partial charge in [0.15, 0.2) is 0 Å². The van der Waals surface area contributed by atoms with Crippen molar-refractivity contribution < 1.29 is 4.79 Å². The van der Waals surface area contributed by atoms with Crippen LogP contribution < -0.4 is 11.1 Å². The molecule has 0 aliphatic heterocycles. The minimum atomic E-state index is 0.00988. The van der Waals surface area contributed by atoms with E-state index in [1.165, 1.54) is 0 Å². The number of carbonyl (C=O) groups excluding carboxylic acids is 1. The number of nitrogens with two attached hydrogens (primary N) is 1. The van der Waals surface area contributed by atoms with Crippen molar-refractivity contribution in [1.29, 1.82) is 0 Å². The first-order valence-corrected chi connectivity index (χ1v) is 7.20. The molecule has 20 heavy (non-hydrogen) atoms. The van der Waals surface area contributed by atoms with Crippen LogP contribution in [0.25, 0.3) is 10.9 Å². The highest BCUT2D eigenvalue weighted by Gasteiger charge is 2.13. The molecule has 1 aromatic carbocycles. The van der Waals surface area contributed by atoms with Crippen LogP contribution in [0.3, 0.4) is 0 Å². The molecule has 2 unspecified atom stereocenters. The van der Waals surface area contributed by atoms with Crippen LogP contribution in [0.5, 0.6) is 0 Å². The highest BCUT2D eigenvalue weighted by atomic mass is 16.1. The molecule has 0 saturated carbocycles. The van der Waals surface area contributed by atoms with Crippen LogP contribution in [-0.4, -0.2) is 16.9 Å². The third-order valence-electron chi connectivity index (χ3n) is 3.57. The van der Waals surface area contributed by atoms with Gasteiger partial charge in [0.1, 0.15) is 0 Å². The van der Waals surface area contributed by atoms with Gasteiger partial charge in [0.05, 0.1) is 0 Å². The standard InChI is InChI=1S/C16H23N3O/c1-11(4-3-5-12(2)17)16(20)19-14-6-7-15-13(10-14)8-9-18-15/h6-12,18H,3-5,17H2,1-2H3,(H,19,20). The summed E-state index contributed by atoms with van der Waals surface area (Å²) in [5.41, 5.74) is 7.64. The van der Waals surface area contributed by atoms with Crippen molar-refractivity contribution in [3.05, 3.63) is 30.5 Å². The quantitative estimate of drug-likeness (QED) is 0.756. The topological polar surface area (TPSA) is 70.9 Å². The van der Waals surface area contributed by atoms with Crippen molar-refractivity contribution >= 4 is 22.5 Å². The van der Waals surface area contributed by atoms with Crippen LogP contribution >= 0.6 is 0 Å². The number of H-pyrrole nitrogens is 1. The van der Waals surface area contributed by atoms with Crippen LogP contribution in [0, 0.1) is 5.92 Å². The zero-order chi connectivity index (χ0) is 14.5. The van der Waals surface area contributed by atoms with E-state index in [0.29, 0.717) is 0 Å². The normalized spacial score (nSPS) is 14.2. The summed E-state index contributed by atoms with van der Waals surface area (Å²) in [6.07, 6.45) is 4.72. The molecule has 4 heteroatoms. The van der Waals surface area contributed by atoms with E-state index in [0.717, 1.165) is 35.9 Å². The van der Waals surface area contributed by atoms with Gasteiger partial charge in [-0.3, -0.25) is 4.79 Å². The molecular formula is C16H23N3O. The molecule has 0 spiro atoms. The lowest BCUT2D eigenvalue weighted by atomic mass is 10.0. The number of hydrogen-bond donors (Lipinski definition) is 3. The van der Waals surface area contributed by atoms with Crippen molar-refractivity contribution in [2.75, 3.05) is 5.32 Å². The number of aromatic nitrogens is 1. The van der Waals surface area contributed by atoms with E-state index in [4.69, 9.17) is 5.73 Å². The number of amides is 1. The number of rotatable bonds is 6. The summed E-state index contributed by atoms with van der Waals surface area (Å²) in [4.78, 5) is 15.2. The third-order valence-corrected chi connectivity index (χ3v) is 3.57. The Morgan fingerprint density at radius 1 is 1.30 bits per heavy atom. The van der Waals surface area contributed by atoms with Crippen molar-refractivity contribution in [3.8, 4) is 0 Å². The highest BCUT2D eigenvalue weighted by molar-refractivity contribution is 5.94. The third kappa shape index (κ3) is 3.84. The molecule has 0 fully saturated rings. The molecule has 0 saturated heterocycles. The van der Waals surface area contributed by atoms with Gasteiger partial charge < -0.3 is 16.0 Å². The Morgan fingerprint density at radius 2 is 2.10 bits per heavy atom. The molecule has 1 aromatic heterocycles. The van der Waals surface area contributed by atoms with Crippen LogP contribution in [0.1, 0.15) is 33.1 Å². The molecule has 0 radical (unpaired) electrons. The fourth-order valence-corrected chi connectivity index (χ4v) is 2.27. The first kappa shape index (κ1) is 14.6. The molecule has 108 valence electrons. The maximum Gasteiger partial charge on any atom is 0.227 e. The van der Waals surface area contributed by atoms with Gasteiger partial charge in [0, 0.05) is 34.7 Å². The number of hydrogen-bond acceptors (Lipinski definition) is 2. The van der Waals surface area contributed by atoms with Crippen LogP contribution in [0.2, 0.25) is 0 Å². The summed E-state index contributed by atoms with van der Waals surface area (Å²) in [6, 6.07) is 8.09. The van der Waals surface area contributed by atoms with E-state index in [1.807, 2.05) is 44.3 Å². The zero-order valence-electron chi connectivity index (χ0n) is 12.1. The molecule has 0 bridgehead atoms. The SMILES string of the molecule is CC(N)CCCC(C)C(=O)Nc1ccc2[nH]ccc2c1. The second kappa shape index (κ2) is 6.57. The van der Waals surface area contributed by atoms with Gasteiger partial charge in [-0.2, -0.15) is 0 Å². The van der Waals surface area contributed by atoms with Crippen molar-refractivity contribution in [1.82, 2.24) is 4.98 Å². The summed E-state index contributed by atoms with van der Waals surface area (Å²) in [7, 11) is 0. The summed E-state index contributed by atoms with van der Waals surface area (Å²) >= 11 is 0. The Balaban J connectivity index is 1.89. The summed E-state index contributed by atoms with van der Waals surface area (Å²) < 4.78 is 0. The molecule has 2 atom stereocenters. The minimum Gasteiger partial charge on any atom is -0.361 e. The zero-order valence-corrected chi connectivity index (χ0v) is 12.1. The van der Waals surface area contributed by atoms with Gasteiger partial charge in [-0.15, -0.1) is 0 Å². The number of benzene rings is 1. The molecule has 2 rings (SSSR count). The fourth-order valence-electron chi connectivity index (χ4n) is 2.27. The van der Waals surface area contributed by atoms with E-state index in [1.54, 1.807) is 0 Å². The maximum absolute atomic E-state index is 12.1. The molecule has 4 nitrogen and oxygen atoms in total. The minimum absolute atomic E-state index is 0.00988. The first-order chi connectivity index (χ1) is 9.56. The van der Waals surface area contributed by atoms with Crippen LogP contribution in [0.4, 0.5) is 5.69 Å². The number of aromatic amines is 1. The van der Waals surface area contributed by atoms with E-state index in [-0.39, 0.29) is 17.9 Å². The van der Waals surface area contributed by atoms with Gasteiger partial charge in [0.2, 0.25) is 5.91 Å². The predicted molar refractivity (Wildman–Crippen MR) is 83.6 cm³/mol. The van der Waals surface area contributed by atoms with Gasteiger partial charge in [0.25, 0.3) is 0 Å². The van der Waals surface area contributed by atoms with Crippen LogP contribution in [-0.2, 0) is 4.79 Å². The lowest BCUT2D eigenvalue weighted by Crippen LogP contribution is -2.21. The Kier molecular flexibility index (Phi) is 4.79. The van der Waals surface area contributed by atoms with Gasteiger partial charge >= 0.3 is 0 Å². The Labute approximate surface area is 119 Å². The summed E-state index contributed by atoms with van der Waals surface area (Å²) in [5, 5.41) is 4.08. The molecule has 2 aromatic rings. The molecule has 1 amide bonds. The fraction of sp³-hybridized carbons (Fsp3) is 0.438. The summed E-state index contributed by atoms with van der Waals surface area (Å²) in [6.45, 7) is 3.96. The van der Waals surface area contributed by atoms with Crippen molar-refractivity contribution in [2.45, 2.75) is 39.2 Å². The highest BCUT2D eigenvalue weighted by Crippen LogP contribution is 2.19. The van der Waals surface area contributed by atoms with Crippen molar-refractivity contribution in [3.63, 3.8) is 0 Å². The second-order valence-corrected chi connectivity index (χ2v) is 5.58. The van der Waals surface area contributed by atoms with E-state index < -0.39 is 0 Å². The molecule has 0 aliphatic rings. The number of fused-ring (bicyclic) bond motifs is 1. The van der Waals surface area contributed by atoms with E-state index in [9.17, 15) is 4.79 Å². The molecule has 1 heterocycles. The number of nitrogens with one attached hydrogen (secondary N) is 2. The lowest BCUT2D eigenvalue weighted by molar-refractivity contribution is -0.119. The van der Waals surface area contributed by atoms with Crippen LogP contribution in [0.15, 0.2) is 30.5 Å². The van der Waals surface area contributed by atoms with Gasteiger partial charge in [-0.05, 0) is 44.0 Å². The van der Waals surface area contributed by atoms with Crippen molar-refractivity contribution in [2.24, 2.45) is 11.7 Å². The Bertz CT molecular complexity index is 574. The number of anilines is 1. The van der Waals surface area contributed by atoms with Gasteiger partial charge in [-0.25, -0.2) is 0 Å². The molecular weight excluding hydrogens is 250 g/mol. The summed E-state index contributed by atoms with van der Waals surface area (Å²) in [5.74, 6) is 0.0835. The number of carbonyl (C=O) groups is 1. The Morgan fingerprint density at radius 3 is 2.85 bits per heavy atom. The average molecular weight is 273 g/mol. The lowest BCUT2D eigenvalue weighted by Gasteiger charge is -2.13. The smallest absolute Gasteiger partial charge is 0.227 e. The van der Waals surface area contributed by atoms with Gasteiger partial charge in [-0.1, -0.05) is 13.3 Å². The van der Waals surface area contributed by atoms with E-state index >= 15 is 0 Å². The second-order valence-electron chi connectivity index (χ2n) is 5.58. The molecule has 4 N–H and O–H groups in total. The predicted octanol–water partition coefficient (Wildman–Crippen LogP) is 3.26.